The summed E-state index contributed by atoms with van der Waals surface area (Å²) in [5, 5.41) is 9.08. The molecule has 0 saturated carbocycles. The molecule has 0 N–H and O–H groups in total. The van der Waals surface area contributed by atoms with Crippen molar-refractivity contribution < 1.29 is 4.74 Å². The smallest absolute Gasteiger partial charge is 0.123 e. The molecule has 0 fully saturated rings. The van der Waals surface area contributed by atoms with E-state index in [0.29, 0.717) is 5.56 Å². The Balaban J connectivity index is 1.93. The van der Waals surface area contributed by atoms with Gasteiger partial charge in [-0.2, -0.15) is 5.26 Å². The molecule has 1 aliphatic rings. The lowest BCUT2D eigenvalue weighted by atomic mass is 10.0. The number of rotatable bonds is 3. The van der Waals surface area contributed by atoms with Crippen LogP contribution in [0.25, 0.3) is 0 Å². The number of anilines is 1. The van der Waals surface area contributed by atoms with Crippen molar-refractivity contribution in [1.29, 1.82) is 5.26 Å². The first-order chi connectivity index (χ1) is 10.3. The van der Waals surface area contributed by atoms with E-state index in [-0.39, 0.29) is 0 Å². The van der Waals surface area contributed by atoms with Crippen LogP contribution in [0.15, 0.2) is 42.5 Å². The molecular weight excluding hydrogens is 260 g/mol. The third-order valence-corrected chi connectivity index (χ3v) is 3.98. The maximum Gasteiger partial charge on any atom is 0.123 e. The van der Waals surface area contributed by atoms with Gasteiger partial charge in [0.2, 0.25) is 0 Å². The predicted octanol–water partition coefficient (Wildman–Crippen LogP) is 3.52. The van der Waals surface area contributed by atoms with Crippen molar-refractivity contribution in [3.05, 3.63) is 59.2 Å². The fraction of sp³-hybridized carbons (Fsp3) is 0.278. The molecule has 0 radical (unpaired) electrons. The van der Waals surface area contributed by atoms with Gasteiger partial charge in [-0.15, -0.1) is 0 Å². The van der Waals surface area contributed by atoms with E-state index < -0.39 is 0 Å². The van der Waals surface area contributed by atoms with Crippen LogP contribution in [0.3, 0.4) is 0 Å². The lowest BCUT2D eigenvalue weighted by Crippen LogP contribution is -2.28. The van der Waals surface area contributed by atoms with Crippen LogP contribution < -0.4 is 9.64 Å². The van der Waals surface area contributed by atoms with Crippen LogP contribution in [0, 0.1) is 11.3 Å². The first-order valence-electron chi connectivity index (χ1n) is 7.21. The summed E-state index contributed by atoms with van der Waals surface area (Å²) >= 11 is 0. The molecule has 1 aliphatic heterocycles. The first kappa shape index (κ1) is 13.5. The number of fused-ring (bicyclic) bond motifs is 1. The fourth-order valence-electron chi connectivity index (χ4n) is 2.95. The second-order valence-corrected chi connectivity index (χ2v) is 5.29. The van der Waals surface area contributed by atoms with Crippen LogP contribution in [-0.2, 0) is 13.0 Å². The number of benzene rings is 2. The Morgan fingerprint density at radius 2 is 2.10 bits per heavy atom. The SMILES string of the molecule is COc1ccc(C#N)cc1CN1CCCc2ccccc21. The van der Waals surface area contributed by atoms with Crippen molar-refractivity contribution in [2.75, 3.05) is 18.6 Å². The molecule has 0 saturated heterocycles. The Hall–Kier alpha value is -2.47. The van der Waals surface area contributed by atoms with Gasteiger partial charge in [0.25, 0.3) is 0 Å². The number of aryl methyl sites for hydroxylation is 1. The number of methoxy groups -OCH3 is 1. The summed E-state index contributed by atoms with van der Waals surface area (Å²) in [6.45, 7) is 1.81. The molecular formula is C18H18N2O. The number of nitrogens with zero attached hydrogens (tertiary/aromatic N) is 2. The lowest BCUT2D eigenvalue weighted by molar-refractivity contribution is 0.409. The van der Waals surface area contributed by atoms with E-state index in [0.717, 1.165) is 37.2 Å². The Labute approximate surface area is 125 Å². The van der Waals surface area contributed by atoms with Gasteiger partial charge in [-0.05, 0) is 42.7 Å². The van der Waals surface area contributed by atoms with Gasteiger partial charge in [0, 0.05) is 24.3 Å². The molecule has 3 rings (SSSR count). The van der Waals surface area contributed by atoms with Gasteiger partial charge in [-0.3, -0.25) is 0 Å². The van der Waals surface area contributed by atoms with Crippen molar-refractivity contribution in [3.63, 3.8) is 0 Å². The van der Waals surface area contributed by atoms with Gasteiger partial charge in [0.05, 0.1) is 18.7 Å². The summed E-state index contributed by atoms with van der Waals surface area (Å²) in [6, 6.07) is 16.4. The summed E-state index contributed by atoms with van der Waals surface area (Å²) in [7, 11) is 1.68. The van der Waals surface area contributed by atoms with Crippen LogP contribution >= 0.6 is 0 Å². The standard InChI is InChI=1S/C18H18N2O/c1-21-18-9-8-14(12-19)11-16(18)13-20-10-4-6-15-5-2-3-7-17(15)20/h2-3,5,7-9,11H,4,6,10,13H2,1H3. The van der Waals surface area contributed by atoms with Gasteiger partial charge in [0.1, 0.15) is 5.75 Å². The van der Waals surface area contributed by atoms with Crippen molar-refractivity contribution in [3.8, 4) is 11.8 Å². The second-order valence-electron chi connectivity index (χ2n) is 5.29. The fourth-order valence-corrected chi connectivity index (χ4v) is 2.95. The van der Waals surface area contributed by atoms with E-state index in [1.807, 2.05) is 12.1 Å². The average Bonchev–Trinajstić information content (AvgIpc) is 2.55. The monoisotopic (exact) mass is 278 g/mol. The van der Waals surface area contributed by atoms with E-state index in [4.69, 9.17) is 10.00 Å². The van der Waals surface area contributed by atoms with E-state index in [1.165, 1.54) is 11.3 Å². The van der Waals surface area contributed by atoms with Crippen molar-refractivity contribution in [2.45, 2.75) is 19.4 Å². The van der Waals surface area contributed by atoms with Crippen LogP contribution in [0.2, 0.25) is 0 Å². The van der Waals surface area contributed by atoms with E-state index in [2.05, 4.69) is 35.2 Å². The Morgan fingerprint density at radius 1 is 1.24 bits per heavy atom. The largest absolute Gasteiger partial charge is 0.496 e. The summed E-state index contributed by atoms with van der Waals surface area (Å²) in [6.07, 6.45) is 2.30. The Bertz CT molecular complexity index is 688. The predicted molar refractivity (Wildman–Crippen MR) is 83.5 cm³/mol. The van der Waals surface area contributed by atoms with Crippen LogP contribution in [0.5, 0.6) is 5.75 Å². The Kier molecular flexibility index (Phi) is 3.79. The highest BCUT2D eigenvalue weighted by Crippen LogP contribution is 2.30. The normalized spacial score (nSPS) is 13.4. The molecule has 3 nitrogen and oxygen atoms in total. The molecule has 0 amide bonds. The molecule has 2 aromatic rings. The highest BCUT2D eigenvalue weighted by molar-refractivity contribution is 5.56. The first-order valence-corrected chi connectivity index (χ1v) is 7.21. The Morgan fingerprint density at radius 3 is 2.90 bits per heavy atom. The zero-order valence-corrected chi connectivity index (χ0v) is 12.2. The third kappa shape index (κ3) is 2.71. The molecule has 0 bridgehead atoms. The van der Waals surface area contributed by atoms with Crippen molar-refractivity contribution in [2.24, 2.45) is 0 Å². The van der Waals surface area contributed by atoms with Gasteiger partial charge in [-0.25, -0.2) is 0 Å². The zero-order chi connectivity index (χ0) is 14.7. The van der Waals surface area contributed by atoms with Crippen molar-refractivity contribution in [1.82, 2.24) is 0 Å². The average molecular weight is 278 g/mol. The molecule has 0 atom stereocenters. The summed E-state index contributed by atoms with van der Waals surface area (Å²) in [4.78, 5) is 2.37. The maximum absolute atomic E-state index is 9.08. The highest BCUT2D eigenvalue weighted by atomic mass is 16.5. The van der Waals surface area contributed by atoms with E-state index >= 15 is 0 Å². The zero-order valence-electron chi connectivity index (χ0n) is 12.2. The molecule has 0 aromatic heterocycles. The minimum atomic E-state index is 0.677. The third-order valence-electron chi connectivity index (χ3n) is 3.98. The second kappa shape index (κ2) is 5.88. The van der Waals surface area contributed by atoms with Crippen molar-refractivity contribution >= 4 is 5.69 Å². The van der Waals surface area contributed by atoms with Gasteiger partial charge < -0.3 is 9.64 Å². The molecule has 2 aromatic carbocycles. The van der Waals surface area contributed by atoms with Gasteiger partial charge >= 0.3 is 0 Å². The number of ether oxygens (including phenoxy) is 1. The number of para-hydroxylation sites is 1. The molecule has 21 heavy (non-hydrogen) atoms. The molecule has 0 spiro atoms. The molecule has 3 heteroatoms. The van der Waals surface area contributed by atoms with Crippen LogP contribution in [0.4, 0.5) is 5.69 Å². The topological polar surface area (TPSA) is 36.3 Å². The summed E-state index contributed by atoms with van der Waals surface area (Å²) < 4.78 is 5.44. The molecule has 106 valence electrons. The number of hydrogen-bond acceptors (Lipinski definition) is 3. The number of nitriles is 1. The van der Waals surface area contributed by atoms with E-state index in [1.54, 1.807) is 13.2 Å². The molecule has 0 unspecified atom stereocenters. The maximum atomic E-state index is 9.08. The van der Waals surface area contributed by atoms with Gasteiger partial charge in [-0.1, -0.05) is 18.2 Å². The minimum absolute atomic E-state index is 0.677. The summed E-state index contributed by atoms with van der Waals surface area (Å²) in [5.41, 5.74) is 4.44. The lowest BCUT2D eigenvalue weighted by Gasteiger charge is -2.31. The quantitative estimate of drug-likeness (QED) is 0.862. The highest BCUT2D eigenvalue weighted by Gasteiger charge is 2.18. The molecule has 1 heterocycles. The van der Waals surface area contributed by atoms with Gasteiger partial charge in [0.15, 0.2) is 0 Å². The number of hydrogen-bond donors (Lipinski definition) is 0. The molecule has 0 aliphatic carbocycles. The van der Waals surface area contributed by atoms with E-state index in [9.17, 15) is 0 Å². The van der Waals surface area contributed by atoms with Crippen LogP contribution in [-0.4, -0.2) is 13.7 Å². The minimum Gasteiger partial charge on any atom is -0.496 e. The van der Waals surface area contributed by atoms with Crippen LogP contribution in [0.1, 0.15) is 23.1 Å². The summed E-state index contributed by atoms with van der Waals surface area (Å²) in [5.74, 6) is 0.844.